The predicted octanol–water partition coefficient (Wildman–Crippen LogP) is 4.53. The first kappa shape index (κ1) is 12.7. The Morgan fingerprint density at radius 2 is 2.00 bits per heavy atom. The van der Waals surface area contributed by atoms with E-state index in [1.165, 1.54) is 23.3 Å². The molecule has 3 rings (SSSR count). The third kappa shape index (κ3) is 2.67. The van der Waals surface area contributed by atoms with E-state index < -0.39 is 0 Å². The lowest BCUT2D eigenvalue weighted by Gasteiger charge is -2.08. The molecule has 1 heterocycles. The van der Waals surface area contributed by atoms with Crippen LogP contribution in [0.4, 0.5) is 5.69 Å². The van der Waals surface area contributed by atoms with Crippen LogP contribution in [0.15, 0.2) is 30.3 Å². The highest BCUT2D eigenvalue weighted by molar-refractivity contribution is 7.14. The van der Waals surface area contributed by atoms with Crippen LogP contribution in [-0.2, 0) is 12.8 Å². The van der Waals surface area contributed by atoms with Crippen LogP contribution >= 0.6 is 22.9 Å². The molecule has 1 aromatic heterocycles. The Labute approximate surface area is 121 Å². The van der Waals surface area contributed by atoms with Gasteiger partial charge in [-0.2, -0.15) is 0 Å². The standard InChI is InChI=1S/C15H14ClNOS/c16-11-6-2-3-7-12(11)17-15(18)14-9-10-5-1-4-8-13(10)19-14/h2-3,6-7,9H,1,4-5,8H2,(H,17,18). The second-order valence-corrected chi connectivity index (χ2v) is 6.24. The number of fused-ring (bicyclic) bond motifs is 1. The van der Waals surface area contributed by atoms with Crippen molar-refractivity contribution in [2.24, 2.45) is 0 Å². The van der Waals surface area contributed by atoms with Gasteiger partial charge in [-0.3, -0.25) is 4.79 Å². The summed E-state index contributed by atoms with van der Waals surface area (Å²) in [5.41, 5.74) is 2.01. The van der Waals surface area contributed by atoms with Gasteiger partial charge in [0.2, 0.25) is 0 Å². The molecule has 0 aliphatic heterocycles. The molecule has 98 valence electrons. The average molecular weight is 292 g/mol. The van der Waals surface area contributed by atoms with Gasteiger partial charge in [-0.05, 0) is 49.4 Å². The number of carbonyl (C=O) groups is 1. The number of rotatable bonds is 2. The van der Waals surface area contributed by atoms with Crippen molar-refractivity contribution in [1.82, 2.24) is 0 Å². The van der Waals surface area contributed by atoms with Crippen LogP contribution in [0.2, 0.25) is 5.02 Å². The molecule has 2 aromatic rings. The fraction of sp³-hybridized carbons (Fsp3) is 0.267. The topological polar surface area (TPSA) is 29.1 Å². The van der Waals surface area contributed by atoms with Crippen molar-refractivity contribution in [3.8, 4) is 0 Å². The number of hydrogen-bond donors (Lipinski definition) is 1. The van der Waals surface area contributed by atoms with Crippen molar-refractivity contribution in [3.05, 3.63) is 50.7 Å². The third-order valence-electron chi connectivity index (χ3n) is 3.34. The minimum Gasteiger partial charge on any atom is -0.320 e. The SMILES string of the molecule is O=C(Nc1ccccc1Cl)c1cc2c(s1)CCCC2. The van der Waals surface area contributed by atoms with E-state index in [-0.39, 0.29) is 5.91 Å². The predicted molar refractivity (Wildman–Crippen MR) is 80.4 cm³/mol. The molecule has 0 unspecified atom stereocenters. The van der Waals surface area contributed by atoms with Crippen LogP contribution in [0.5, 0.6) is 0 Å². The minimum atomic E-state index is -0.0625. The van der Waals surface area contributed by atoms with Gasteiger partial charge in [0.05, 0.1) is 15.6 Å². The van der Waals surface area contributed by atoms with Gasteiger partial charge in [0.15, 0.2) is 0 Å². The van der Waals surface area contributed by atoms with Crippen molar-refractivity contribution in [2.45, 2.75) is 25.7 Å². The van der Waals surface area contributed by atoms with E-state index >= 15 is 0 Å². The molecule has 19 heavy (non-hydrogen) atoms. The highest BCUT2D eigenvalue weighted by Gasteiger charge is 2.17. The first-order chi connectivity index (χ1) is 9.24. The quantitative estimate of drug-likeness (QED) is 0.865. The van der Waals surface area contributed by atoms with Crippen LogP contribution in [0.25, 0.3) is 0 Å². The second-order valence-electron chi connectivity index (χ2n) is 4.70. The molecule has 0 saturated heterocycles. The summed E-state index contributed by atoms with van der Waals surface area (Å²) in [6, 6.07) is 9.33. The van der Waals surface area contributed by atoms with Gasteiger partial charge in [0.25, 0.3) is 5.91 Å². The Morgan fingerprint density at radius 3 is 2.79 bits per heavy atom. The zero-order chi connectivity index (χ0) is 13.2. The zero-order valence-electron chi connectivity index (χ0n) is 10.4. The molecule has 0 bridgehead atoms. The Balaban J connectivity index is 1.81. The van der Waals surface area contributed by atoms with Gasteiger partial charge < -0.3 is 5.32 Å². The fourth-order valence-corrected chi connectivity index (χ4v) is 3.68. The smallest absolute Gasteiger partial charge is 0.265 e. The van der Waals surface area contributed by atoms with Gasteiger partial charge in [-0.15, -0.1) is 11.3 Å². The van der Waals surface area contributed by atoms with E-state index in [0.717, 1.165) is 17.7 Å². The van der Waals surface area contributed by atoms with Crippen molar-refractivity contribution in [2.75, 3.05) is 5.32 Å². The van der Waals surface area contributed by atoms with E-state index in [9.17, 15) is 4.79 Å². The lowest BCUT2D eigenvalue weighted by atomic mass is 9.99. The molecule has 0 spiro atoms. The number of thiophene rings is 1. The summed E-state index contributed by atoms with van der Waals surface area (Å²) in [6.07, 6.45) is 4.68. The second kappa shape index (κ2) is 5.35. The first-order valence-corrected chi connectivity index (χ1v) is 7.61. The van der Waals surface area contributed by atoms with Gasteiger partial charge in [0.1, 0.15) is 0 Å². The maximum absolute atomic E-state index is 12.2. The molecule has 0 radical (unpaired) electrons. The molecule has 0 fully saturated rings. The lowest BCUT2D eigenvalue weighted by molar-refractivity contribution is 0.103. The molecule has 1 aliphatic rings. The maximum atomic E-state index is 12.2. The molecule has 1 aliphatic carbocycles. The van der Waals surface area contributed by atoms with Gasteiger partial charge in [0, 0.05) is 4.88 Å². The molecule has 4 heteroatoms. The molecule has 1 amide bonds. The van der Waals surface area contributed by atoms with Crippen LogP contribution in [0, 0.1) is 0 Å². The van der Waals surface area contributed by atoms with Crippen molar-refractivity contribution in [3.63, 3.8) is 0 Å². The molecule has 1 aromatic carbocycles. The minimum absolute atomic E-state index is 0.0625. The summed E-state index contributed by atoms with van der Waals surface area (Å²) in [4.78, 5) is 14.4. The van der Waals surface area contributed by atoms with Crippen LogP contribution in [0.3, 0.4) is 0 Å². The lowest BCUT2D eigenvalue weighted by Crippen LogP contribution is -2.10. The Morgan fingerprint density at radius 1 is 1.21 bits per heavy atom. The number of halogens is 1. The summed E-state index contributed by atoms with van der Waals surface area (Å²) in [5, 5.41) is 3.44. The number of aryl methyl sites for hydroxylation is 2. The molecular formula is C15H14ClNOS. The molecule has 0 saturated carbocycles. The van der Waals surface area contributed by atoms with E-state index in [1.807, 2.05) is 24.3 Å². The zero-order valence-corrected chi connectivity index (χ0v) is 12.0. The monoisotopic (exact) mass is 291 g/mol. The Hall–Kier alpha value is -1.32. The summed E-state index contributed by atoms with van der Waals surface area (Å²) in [5.74, 6) is -0.0625. The van der Waals surface area contributed by atoms with Crippen LogP contribution in [0.1, 0.15) is 33.0 Å². The summed E-state index contributed by atoms with van der Waals surface area (Å²) >= 11 is 7.66. The maximum Gasteiger partial charge on any atom is 0.265 e. The highest BCUT2D eigenvalue weighted by atomic mass is 35.5. The van der Waals surface area contributed by atoms with Gasteiger partial charge >= 0.3 is 0 Å². The number of nitrogens with one attached hydrogen (secondary N) is 1. The fourth-order valence-electron chi connectivity index (χ4n) is 2.35. The average Bonchev–Trinajstić information content (AvgIpc) is 2.85. The Kier molecular flexibility index (Phi) is 3.58. The molecule has 0 atom stereocenters. The number of para-hydroxylation sites is 1. The largest absolute Gasteiger partial charge is 0.320 e. The van der Waals surface area contributed by atoms with Crippen molar-refractivity contribution < 1.29 is 4.79 Å². The van der Waals surface area contributed by atoms with E-state index in [4.69, 9.17) is 11.6 Å². The molecular weight excluding hydrogens is 278 g/mol. The van der Waals surface area contributed by atoms with Crippen LogP contribution < -0.4 is 5.32 Å². The molecule has 1 N–H and O–H groups in total. The van der Waals surface area contributed by atoms with E-state index in [0.29, 0.717) is 10.7 Å². The number of anilines is 1. The first-order valence-electron chi connectivity index (χ1n) is 6.41. The van der Waals surface area contributed by atoms with E-state index in [1.54, 1.807) is 17.4 Å². The van der Waals surface area contributed by atoms with E-state index in [2.05, 4.69) is 5.32 Å². The summed E-state index contributed by atoms with van der Waals surface area (Å²) < 4.78 is 0. The van der Waals surface area contributed by atoms with Crippen molar-refractivity contribution in [1.29, 1.82) is 0 Å². The number of carbonyl (C=O) groups excluding carboxylic acids is 1. The normalized spacial score (nSPS) is 13.9. The van der Waals surface area contributed by atoms with Gasteiger partial charge in [-0.1, -0.05) is 23.7 Å². The van der Waals surface area contributed by atoms with Gasteiger partial charge in [-0.25, -0.2) is 0 Å². The Bertz CT molecular complexity index is 597. The molecule has 2 nitrogen and oxygen atoms in total. The van der Waals surface area contributed by atoms with Crippen LogP contribution in [-0.4, -0.2) is 5.91 Å². The summed E-state index contributed by atoms with van der Waals surface area (Å²) in [7, 11) is 0. The highest BCUT2D eigenvalue weighted by Crippen LogP contribution is 2.30. The van der Waals surface area contributed by atoms with Crippen molar-refractivity contribution >= 4 is 34.5 Å². The number of amides is 1. The summed E-state index contributed by atoms with van der Waals surface area (Å²) in [6.45, 7) is 0. The number of benzene rings is 1. The number of hydrogen-bond acceptors (Lipinski definition) is 2. The third-order valence-corrected chi connectivity index (χ3v) is 4.91.